The van der Waals surface area contributed by atoms with Crippen LogP contribution in [0.3, 0.4) is 0 Å². The fourth-order valence-corrected chi connectivity index (χ4v) is 2.38. The lowest BCUT2D eigenvalue weighted by atomic mass is 9.96. The molecule has 0 bridgehead atoms. The van der Waals surface area contributed by atoms with Crippen LogP contribution in [0.1, 0.15) is 27.7 Å². The molecule has 11 heteroatoms. The fraction of sp³-hybridized carbons (Fsp3) is 0.714. The molecule has 11 nitrogen and oxygen atoms in total. The topological polar surface area (TPSA) is 147 Å². The molecule has 1 heterocycles. The Labute approximate surface area is 143 Å². The maximum Gasteiger partial charge on any atom is 0.303 e. The van der Waals surface area contributed by atoms with E-state index in [1.165, 1.54) is 6.92 Å². The zero-order chi connectivity index (χ0) is 19.1. The minimum absolute atomic E-state index is 0.363. The van der Waals surface area contributed by atoms with E-state index < -0.39 is 54.5 Å². The minimum atomic E-state index is -1.46. The molecule has 0 saturated carbocycles. The number of esters is 3. The van der Waals surface area contributed by atoms with Crippen molar-refractivity contribution < 1.29 is 48.3 Å². The first kappa shape index (κ1) is 20.8. The van der Waals surface area contributed by atoms with Gasteiger partial charge in [0.25, 0.3) is 0 Å². The van der Waals surface area contributed by atoms with Gasteiger partial charge in [0.2, 0.25) is 12.2 Å². The molecule has 1 fully saturated rings. The number of hydrogen-bond acceptors (Lipinski definition) is 10. The van der Waals surface area contributed by atoms with E-state index in [1.54, 1.807) is 0 Å². The van der Waals surface area contributed by atoms with Gasteiger partial charge in [0.05, 0.1) is 0 Å². The van der Waals surface area contributed by atoms with Crippen LogP contribution in [0.2, 0.25) is 0 Å². The number of rotatable bonds is 6. The molecule has 0 aliphatic carbocycles. The molecule has 0 aromatic rings. The monoisotopic (exact) mass is 363 g/mol. The second-order valence-electron chi connectivity index (χ2n) is 5.33. The van der Waals surface area contributed by atoms with Gasteiger partial charge >= 0.3 is 17.9 Å². The van der Waals surface area contributed by atoms with E-state index in [1.807, 2.05) is 0 Å². The normalized spacial score (nSPS) is 28.6. The SMILES string of the molecule is CC(=O)N[C@H]1[C@H](OO)O[C@H](COC(C)=O)[C@@H](OC(C)=O)[C@@H]1OC(C)=O. The quantitative estimate of drug-likeness (QED) is 0.264. The van der Waals surface area contributed by atoms with E-state index in [-0.39, 0.29) is 6.61 Å². The Morgan fingerprint density at radius 1 is 0.960 bits per heavy atom. The molecule has 0 aromatic heterocycles. The third-order valence-electron chi connectivity index (χ3n) is 3.18. The molecule has 2 N–H and O–H groups in total. The first-order valence-electron chi connectivity index (χ1n) is 7.36. The molecule has 1 saturated heterocycles. The molecule has 1 rings (SSSR count). The van der Waals surface area contributed by atoms with E-state index in [2.05, 4.69) is 10.2 Å². The van der Waals surface area contributed by atoms with Crippen molar-refractivity contribution in [2.24, 2.45) is 0 Å². The first-order valence-corrected chi connectivity index (χ1v) is 7.36. The van der Waals surface area contributed by atoms with Gasteiger partial charge in [-0.15, -0.1) is 0 Å². The van der Waals surface area contributed by atoms with Crippen molar-refractivity contribution in [3.63, 3.8) is 0 Å². The van der Waals surface area contributed by atoms with Crippen molar-refractivity contribution in [3.05, 3.63) is 0 Å². The predicted molar refractivity (Wildman–Crippen MR) is 77.7 cm³/mol. The van der Waals surface area contributed by atoms with Crippen LogP contribution in [-0.4, -0.2) is 66.3 Å². The summed E-state index contributed by atoms with van der Waals surface area (Å²) < 4.78 is 20.5. The van der Waals surface area contributed by atoms with Crippen molar-refractivity contribution in [2.45, 2.75) is 58.3 Å². The van der Waals surface area contributed by atoms with Crippen LogP contribution in [0, 0.1) is 0 Å². The Hall–Kier alpha value is -2.24. The van der Waals surface area contributed by atoms with Crippen molar-refractivity contribution >= 4 is 23.8 Å². The van der Waals surface area contributed by atoms with Crippen LogP contribution in [-0.2, 0) is 43.0 Å². The predicted octanol–water partition coefficient (Wildman–Crippen LogP) is -0.868. The number of carbonyl (C=O) groups is 4. The van der Waals surface area contributed by atoms with E-state index in [4.69, 9.17) is 24.2 Å². The van der Waals surface area contributed by atoms with Crippen LogP contribution < -0.4 is 5.32 Å². The lowest BCUT2D eigenvalue weighted by Gasteiger charge is -2.43. The van der Waals surface area contributed by atoms with Crippen LogP contribution in [0.15, 0.2) is 0 Å². The van der Waals surface area contributed by atoms with Crippen molar-refractivity contribution in [1.82, 2.24) is 5.32 Å². The van der Waals surface area contributed by atoms with Gasteiger partial charge < -0.3 is 24.3 Å². The molecule has 0 spiro atoms. The molecule has 1 aliphatic rings. The maximum absolute atomic E-state index is 11.4. The molecule has 142 valence electrons. The Morgan fingerprint density at radius 2 is 1.52 bits per heavy atom. The van der Waals surface area contributed by atoms with Gasteiger partial charge in [0, 0.05) is 27.7 Å². The van der Waals surface area contributed by atoms with Crippen molar-refractivity contribution in [3.8, 4) is 0 Å². The molecule has 25 heavy (non-hydrogen) atoms. The Kier molecular flexibility index (Phi) is 7.74. The zero-order valence-corrected chi connectivity index (χ0v) is 14.2. The largest absolute Gasteiger partial charge is 0.463 e. The van der Waals surface area contributed by atoms with Crippen molar-refractivity contribution in [2.75, 3.05) is 6.61 Å². The average Bonchev–Trinajstić information content (AvgIpc) is 2.48. The number of nitrogens with one attached hydrogen (secondary N) is 1. The van der Waals surface area contributed by atoms with E-state index in [9.17, 15) is 19.2 Å². The summed E-state index contributed by atoms with van der Waals surface area (Å²) in [7, 11) is 0. The summed E-state index contributed by atoms with van der Waals surface area (Å²) in [4.78, 5) is 49.5. The molecule has 0 aromatic carbocycles. The lowest BCUT2D eigenvalue weighted by Crippen LogP contribution is -2.66. The molecule has 1 amide bonds. The van der Waals surface area contributed by atoms with Gasteiger partial charge in [-0.25, -0.2) is 10.1 Å². The highest BCUT2D eigenvalue weighted by Gasteiger charge is 2.51. The summed E-state index contributed by atoms with van der Waals surface area (Å²) >= 11 is 0. The Morgan fingerprint density at radius 3 is 1.96 bits per heavy atom. The third kappa shape index (κ3) is 6.29. The average molecular weight is 363 g/mol. The van der Waals surface area contributed by atoms with Gasteiger partial charge in [-0.05, 0) is 0 Å². The Balaban J connectivity index is 3.18. The summed E-state index contributed by atoms with van der Waals surface area (Å²) in [6.07, 6.45) is -5.04. The highest BCUT2D eigenvalue weighted by Crippen LogP contribution is 2.27. The summed E-state index contributed by atoms with van der Waals surface area (Å²) in [5.41, 5.74) is 0. The molecular formula is C14H21NO10. The van der Waals surface area contributed by atoms with E-state index >= 15 is 0 Å². The molecule has 5 atom stereocenters. The van der Waals surface area contributed by atoms with Crippen LogP contribution in [0.25, 0.3) is 0 Å². The van der Waals surface area contributed by atoms with Crippen LogP contribution in [0.5, 0.6) is 0 Å². The van der Waals surface area contributed by atoms with Gasteiger partial charge in [-0.3, -0.25) is 19.2 Å². The highest BCUT2D eigenvalue weighted by atomic mass is 17.1. The highest BCUT2D eigenvalue weighted by molar-refractivity contribution is 5.73. The first-order chi connectivity index (χ1) is 11.6. The number of ether oxygens (including phenoxy) is 4. The summed E-state index contributed by atoms with van der Waals surface area (Å²) in [6.45, 7) is 4.22. The molecule has 1 aliphatic heterocycles. The fourth-order valence-electron chi connectivity index (χ4n) is 2.38. The van der Waals surface area contributed by atoms with Crippen molar-refractivity contribution in [1.29, 1.82) is 0 Å². The summed E-state index contributed by atoms with van der Waals surface area (Å²) in [5, 5.41) is 11.5. The van der Waals surface area contributed by atoms with Gasteiger partial charge in [0.15, 0.2) is 12.2 Å². The summed E-state index contributed by atoms with van der Waals surface area (Å²) in [5.74, 6) is -2.61. The van der Waals surface area contributed by atoms with Gasteiger partial charge in [0.1, 0.15) is 18.8 Å². The zero-order valence-electron chi connectivity index (χ0n) is 14.2. The third-order valence-corrected chi connectivity index (χ3v) is 3.18. The number of amides is 1. The van der Waals surface area contributed by atoms with Gasteiger partial charge in [-0.2, -0.15) is 0 Å². The van der Waals surface area contributed by atoms with E-state index in [0.717, 1.165) is 20.8 Å². The second-order valence-corrected chi connectivity index (χ2v) is 5.33. The standard InChI is InChI=1S/C14H21NO10/c1-6(16)15-11-13(23-9(4)19)12(22-8(3)18)10(5-21-7(2)17)24-14(11)25-20/h10-14,20H,5H2,1-4H3,(H,15,16)/t10-,11-,12-,13-,14+/m1/s1. The molecular weight excluding hydrogens is 342 g/mol. The Bertz CT molecular complexity index is 522. The number of hydrogen-bond donors (Lipinski definition) is 2. The smallest absolute Gasteiger partial charge is 0.303 e. The lowest BCUT2D eigenvalue weighted by molar-refractivity contribution is -0.387. The second kappa shape index (κ2) is 9.30. The maximum atomic E-state index is 11.4. The van der Waals surface area contributed by atoms with Crippen LogP contribution >= 0.6 is 0 Å². The molecule has 0 unspecified atom stereocenters. The van der Waals surface area contributed by atoms with Crippen LogP contribution in [0.4, 0.5) is 0 Å². The summed E-state index contributed by atoms with van der Waals surface area (Å²) in [6, 6.07) is -1.18. The molecule has 0 radical (unpaired) electrons. The van der Waals surface area contributed by atoms with E-state index in [0.29, 0.717) is 0 Å². The van der Waals surface area contributed by atoms with Gasteiger partial charge in [-0.1, -0.05) is 0 Å². The minimum Gasteiger partial charge on any atom is -0.463 e. The number of carbonyl (C=O) groups excluding carboxylic acids is 4.